The van der Waals surface area contributed by atoms with Gasteiger partial charge < -0.3 is 15.3 Å². The zero-order valence-electron chi connectivity index (χ0n) is 8.91. The van der Waals surface area contributed by atoms with E-state index in [4.69, 9.17) is 0 Å². The molecule has 0 aliphatic heterocycles. The lowest BCUT2D eigenvalue weighted by molar-refractivity contribution is 0.403. The van der Waals surface area contributed by atoms with Crippen molar-refractivity contribution in [1.29, 1.82) is 0 Å². The van der Waals surface area contributed by atoms with Crippen LogP contribution in [0.4, 0.5) is 5.69 Å². The van der Waals surface area contributed by atoms with Crippen molar-refractivity contribution in [2.24, 2.45) is 4.99 Å². The van der Waals surface area contributed by atoms with Crippen molar-refractivity contribution in [2.75, 3.05) is 0 Å². The van der Waals surface area contributed by atoms with E-state index in [0.717, 1.165) is 0 Å². The zero-order valence-corrected chi connectivity index (χ0v) is 8.91. The number of benzene rings is 2. The molecule has 0 aromatic heterocycles. The number of rotatable bonds is 2. The van der Waals surface area contributed by atoms with Gasteiger partial charge in [0.15, 0.2) is 11.5 Å². The molecule has 0 atom stereocenters. The molecule has 0 saturated carbocycles. The van der Waals surface area contributed by atoms with Gasteiger partial charge in [0, 0.05) is 11.8 Å². The minimum absolute atomic E-state index is 0.0587. The van der Waals surface area contributed by atoms with Crippen LogP contribution in [-0.4, -0.2) is 21.5 Å². The minimum atomic E-state index is -0.230. The van der Waals surface area contributed by atoms with E-state index < -0.39 is 0 Å². The number of phenolic OH excluding ortho intramolecular Hbond substituents is 3. The molecule has 0 unspecified atom stereocenters. The second-order valence-electron chi connectivity index (χ2n) is 3.46. The van der Waals surface area contributed by atoms with Crippen molar-refractivity contribution in [3.63, 3.8) is 0 Å². The fourth-order valence-corrected chi connectivity index (χ4v) is 1.37. The molecule has 2 aromatic rings. The standard InChI is InChI=1S/C13H11NO3/c15-11-6-2-1-5-10(11)14-8-9-4-3-7-12(16)13(9)17/h1-8,15-17H. The van der Waals surface area contributed by atoms with E-state index in [9.17, 15) is 15.3 Å². The predicted molar refractivity (Wildman–Crippen MR) is 65.1 cm³/mol. The topological polar surface area (TPSA) is 73.1 Å². The van der Waals surface area contributed by atoms with Crippen LogP contribution in [0, 0.1) is 0 Å². The maximum Gasteiger partial charge on any atom is 0.166 e. The number of para-hydroxylation sites is 3. The SMILES string of the molecule is Oc1ccccc1N=Cc1cccc(O)c1O. The molecule has 2 aromatic carbocycles. The minimum Gasteiger partial charge on any atom is -0.506 e. The molecule has 0 aliphatic carbocycles. The Kier molecular flexibility index (Phi) is 2.96. The Morgan fingerprint density at radius 3 is 2.29 bits per heavy atom. The van der Waals surface area contributed by atoms with Crippen molar-refractivity contribution in [2.45, 2.75) is 0 Å². The monoisotopic (exact) mass is 229 g/mol. The third-order valence-corrected chi connectivity index (χ3v) is 2.27. The van der Waals surface area contributed by atoms with Gasteiger partial charge in [0.05, 0.1) is 0 Å². The normalized spacial score (nSPS) is 10.8. The van der Waals surface area contributed by atoms with Gasteiger partial charge in [-0.3, -0.25) is 4.99 Å². The Hall–Kier alpha value is -2.49. The lowest BCUT2D eigenvalue weighted by atomic mass is 10.2. The van der Waals surface area contributed by atoms with Crippen molar-refractivity contribution in [1.82, 2.24) is 0 Å². The first-order valence-corrected chi connectivity index (χ1v) is 5.01. The number of hydrogen-bond donors (Lipinski definition) is 3. The summed E-state index contributed by atoms with van der Waals surface area (Å²) in [5, 5.41) is 28.3. The lowest BCUT2D eigenvalue weighted by Crippen LogP contribution is -1.82. The first-order valence-electron chi connectivity index (χ1n) is 5.01. The fraction of sp³-hybridized carbons (Fsp3) is 0. The van der Waals surface area contributed by atoms with Gasteiger partial charge >= 0.3 is 0 Å². The van der Waals surface area contributed by atoms with Crippen LogP contribution < -0.4 is 0 Å². The van der Waals surface area contributed by atoms with E-state index in [-0.39, 0.29) is 17.2 Å². The molecule has 0 fully saturated rings. The summed E-state index contributed by atoms with van der Waals surface area (Å²) in [4.78, 5) is 4.03. The van der Waals surface area contributed by atoms with Crippen molar-refractivity contribution in [3.05, 3.63) is 48.0 Å². The van der Waals surface area contributed by atoms with Crippen LogP contribution in [0.1, 0.15) is 5.56 Å². The van der Waals surface area contributed by atoms with Crippen LogP contribution in [0.3, 0.4) is 0 Å². The number of nitrogens with zero attached hydrogens (tertiary/aromatic N) is 1. The van der Waals surface area contributed by atoms with Gasteiger partial charge in [-0.2, -0.15) is 0 Å². The molecule has 86 valence electrons. The molecule has 4 nitrogen and oxygen atoms in total. The van der Waals surface area contributed by atoms with E-state index in [1.165, 1.54) is 18.3 Å². The van der Waals surface area contributed by atoms with Gasteiger partial charge in [-0.1, -0.05) is 18.2 Å². The number of aromatic hydroxyl groups is 3. The second-order valence-corrected chi connectivity index (χ2v) is 3.46. The van der Waals surface area contributed by atoms with Crippen LogP contribution in [0.5, 0.6) is 17.2 Å². The van der Waals surface area contributed by atoms with E-state index in [1.54, 1.807) is 30.3 Å². The van der Waals surface area contributed by atoms with Crippen molar-refractivity contribution < 1.29 is 15.3 Å². The quantitative estimate of drug-likeness (QED) is 0.547. The molecular weight excluding hydrogens is 218 g/mol. The average molecular weight is 229 g/mol. The summed E-state index contributed by atoms with van der Waals surface area (Å²) in [5.74, 6) is -0.374. The smallest absolute Gasteiger partial charge is 0.166 e. The summed E-state index contributed by atoms with van der Waals surface area (Å²) in [5.41, 5.74) is 0.781. The highest BCUT2D eigenvalue weighted by atomic mass is 16.3. The summed E-state index contributed by atoms with van der Waals surface area (Å²) in [6.45, 7) is 0. The molecule has 0 radical (unpaired) electrons. The average Bonchev–Trinajstić information content (AvgIpc) is 2.33. The number of aliphatic imine (C=N–C) groups is 1. The van der Waals surface area contributed by atoms with Gasteiger partial charge in [0.25, 0.3) is 0 Å². The molecule has 0 amide bonds. The highest BCUT2D eigenvalue weighted by molar-refractivity contribution is 5.87. The summed E-state index contributed by atoms with van der Waals surface area (Å²) in [6.07, 6.45) is 1.38. The maximum absolute atomic E-state index is 9.54. The van der Waals surface area contributed by atoms with Crippen molar-refractivity contribution >= 4 is 11.9 Å². The van der Waals surface area contributed by atoms with Gasteiger partial charge in [-0.15, -0.1) is 0 Å². The van der Waals surface area contributed by atoms with Gasteiger partial charge in [0.2, 0.25) is 0 Å². The number of phenols is 3. The van der Waals surface area contributed by atoms with E-state index >= 15 is 0 Å². The highest BCUT2D eigenvalue weighted by Gasteiger charge is 2.03. The zero-order chi connectivity index (χ0) is 12.3. The second kappa shape index (κ2) is 4.57. The summed E-state index contributed by atoms with van der Waals surface area (Å²) in [7, 11) is 0. The molecule has 2 rings (SSSR count). The Morgan fingerprint density at radius 1 is 0.824 bits per heavy atom. The molecule has 0 spiro atoms. The Morgan fingerprint density at radius 2 is 1.53 bits per heavy atom. The first-order chi connectivity index (χ1) is 8.18. The van der Waals surface area contributed by atoms with Crippen molar-refractivity contribution in [3.8, 4) is 17.2 Å². The fourth-order valence-electron chi connectivity index (χ4n) is 1.37. The Balaban J connectivity index is 2.33. The highest BCUT2D eigenvalue weighted by Crippen LogP contribution is 2.29. The van der Waals surface area contributed by atoms with Gasteiger partial charge in [-0.05, 0) is 24.3 Å². The Bertz CT molecular complexity index is 564. The third-order valence-electron chi connectivity index (χ3n) is 2.27. The van der Waals surface area contributed by atoms with Crippen LogP contribution >= 0.6 is 0 Å². The molecule has 0 bridgehead atoms. The summed E-state index contributed by atoms with van der Waals surface area (Å²) in [6, 6.07) is 11.2. The number of hydrogen-bond acceptors (Lipinski definition) is 4. The van der Waals surface area contributed by atoms with E-state index in [0.29, 0.717) is 11.3 Å². The van der Waals surface area contributed by atoms with Crippen LogP contribution in [-0.2, 0) is 0 Å². The first kappa shape index (κ1) is 11.0. The van der Waals surface area contributed by atoms with E-state index in [1.807, 2.05) is 0 Å². The summed E-state index contributed by atoms with van der Waals surface area (Å²) < 4.78 is 0. The Labute approximate surface area is 98.1 Å². The van der Waals surface area contributed by atoms with Crippen LogP contribution in [0.2, 0.25) is 0 Å². The van der Waals surface area contributed by atoms with Gasteiger partial charge in [-0.25, -0.2) is 0 Å². The lowest BCUT2D eigenvalue weighted by Gasteiger charge is -2.01. The van der Waals surface area contributed by atoms with E-state index in [2.05, 4.69) is 4.99 Å². The van der Waals surface area contributed by atoms with Crippen LogP contribution in [0.25, 0.3) is 0 Å². The molecule has 3 N–H and O–H groups in total. The molecule has 0 saturated heterocycles. The third kappa shape index (κ3) is 2.36. The molecule has 17 heavy (non-hydrogen) atoms. The summed E-state index contributed by atoms with van der Waals surface area (Å²) >= 11 is 0. The maximum atomic E-state index is 9.54. The predicted octanol–water partition coefficient (Wildman–Crippen LogP) is 2.55. The molecule has 0 heterocycles. The molecule has 4 heteroatoms. The van der Waals surface area contributed by atoms with Gasteiger partial charge in [0.1, 0.15) is 11.4 Å². The van der Waals surface area contributed by atoms with Crippen LogP contribution in [0.15, 0.2) is 47.5 Å². The molecular formula is C13H11NO3. The molecule has 0 aliphatic rings. The largest absolute Gasteiger partial charge is 0.506 e.